The largest absolute Gasteiger partial charge is 0.493 e. The molecule has 0 fully saturated rings. The summed E-state index contributed by atoms with van der Waals surface area (Å²) in [7, 11) is 3.03. The van der Waals surface area contributed by atoms with Gasteiger partial charge in [0.15, 0.2) is 17.3 Å². The van der Waals surface area contributed by atoms with Crippen LogP contribution in [-0.2, 0) is 17.8 Å². The summed E-state index contributed by atoms with van der Waals surface area (Å²) in [6, 6.07) is 11.4. The number of Topliss-reactive ketones (excluding diaryl/α,β-unsaturated/α-hetero) is 1. The van der Waals surface area contributed by atoms with Crippen LogP contribution in [0.25, 0.3) is 10.9 Å². The van der Waals surface area contributed by atoms with Gasteiger partial charge in [-0.3, -0.25) is 9.59 Å². The average molecular weight is 380 g/mol. The molecule has 3 aromatic rings. The first-order valence-electron chi connectivity index (χ1n) is 9.02. The predicted molar refractivity (Wildman–Crippen MR) is 108 cm³/mol. The number of benzene rings is 2. The zero-order valence-electron chi connectivity index (χ0n) is 16.5. The third-order valence-corrected chi connectivity index (χ3v) is 4.65. The Morgan fingerprint density at radius 1 is 1.04 bits per heavy atom. The van der Waals surface area contributed by atoms with Crippen molar-refractivity contribution in [1.29, 1.82) is 0 Å². The minimum Gasteiger partial charge on any atom is -0.493 e. The van der Waals surface area contributed by atoms with Crippen LogP contribution in [0.4, 0.5) is 0 Å². The number of aromatic amines is 1. The number of nitrogens with one attached hydrogen (secondary N) is 2. The first kappa shape index (κ1) is 19.5. The van der Waals surface area contributed by atoms with Crippen LogP contribution >= 0.6 is 0 Å². The molecule has 0 aliphatic heterocycles. The van der Waals surface area contributed by atoms with Gasteiger partial charge in [-0.2, -0.15) is 0 Å². The number of rotatable bonds is 7. The van der Waals surface area contributed by atoms with Crippen molar-refractivity contribution in [1.82, 2.24) is 10.3 Å². The monoisotopic (exact) mass is 380 g/mol. The second-order valence-electron chi connectivity index (χ2n) is 6.75. The SMILES string of the molecule is COc1cc(CC(=O)NCc2ccc3[nH]c(C)cc3c2)c(C(C)=O)cc1OC. The predicted octanol–water partition coefficient (Wildman–Crippen LogP) is 3.56. The van der Waals surface area contributed by atoms with E-state index in [-0.39, 0.29) is 18.1 Å². The van der Waals surface area contributed by atoms with E-state index in [1.54, 1.807) is 12.1 Å². The Bertz CT molecular complexity index is 1040. The fourth-order valence-corrected chi connectivity index (χ4v) is 3.27. The van der Waals surface area contributed by atoms with Gasteiger partial charge in [0.1, 0.15) is 0 Å². The zero-order chi connectivity index (χ0) is 20.3. The molecule has 28 heavy (non-hydrogen) atoms. The van der Waals surface area contributed by atoms with Gasteiger partial charge in [-0.05, 0) is 60.7 Å². The Balaban J connectivity index is 1.73. The van der Waals surface area contributed by atoms with Gasteiger partial charge < -0.3 is 19.8 Å². The molecule has 0 spiro atoms. The summed E-state index contributed by atoms with van der Waals surface area (Å²) in [6.07, 6.45) is 0.0841. The van der Waals surface area contributed by atoms with Gasteiger partial charge in [0.2, 0.25) is 5.91 Å². The molecule has 2 N–H and O–H groups in total. The summed E-state index contributed by atoms with van der Waals surface area (Å²) in [6.45, 7) is 3.90. The topological polar surface area (TPSA) is 80.4 Å². The standard InChI is InChI=1S/C22H24N2O4/c1-13-7-17-8-15(5-6-19(17)24-13)12-23-22(26)10-16-9-20(27-3)21(28-4)11-18(16)14(2)25/h5-9,11,24H,10,12H2,1-4H3,(H,23,26). The summed E-state index contributed by atoms with van der Waals surface area (Å²) >= 11 is 0. The molecule has 1 amide bonds. The van der Waals surface area contributed by atoms with Crippen LogP contribution in [0.5, 0.6) is 11.5 Å². The van der Waals surface area contributed by atoms with Gasteiger partial charge in [0.05, 0.1) is 20.6 Å². The lowest BCUT2D eigenvalue weighted by Gasteiger charge is -2.13. The van der Waals surface area contributed by atoms with E-state index in [2.05, 4.69) is 22.4 Å². The van der Waals surface area contributed by atoms with E-state index in [1.165, 1.54) is 21.1 Å². The Morgan fingerprint density at radius 2 is 1.75 bits per heavy atom. The maximum Gasteiger partial charge on any atom is 0.224 e. The summed E-state index contributed by atoms with van der Waals surface area (Å²) in [5.41, 5.74) is 4.25. The fourth-order valence-electron chi connectivity index (χ4n) is 3.27. The van der Waals surface area contributed by atoms with Crippen molar-refractivity contribution in [2.45, 2.75) is 26.8 Å². The van der Waals surface area contributed by atoms with Gasteiger partial charge in [0.25, 0.3) is 0 Å². The highest BCUT2D eigenvalue weighted by Gasteiger charge is 2.16. The maximum atomic E-state index is 12.5. The highest BCUT2D eigenvalue weighted by atomic mass is 16.5. The molecule has 146 valence electrons. The third kappa shape index (κ3) is 4.17. The van der Waals surface area contributed by atoms with Gasteiger partial charge in [-0.25, -0.2) is 0 Å². The molecule has 0 atom stereocenters. The summed E-state index contributed by atoms with van der Waals surface area (Å²) in [4.78, 5) is 27.8. The molecule has 0 saturated carbocycles. The average Bonchev–Trinajstić information content (AvgIpc) is 3.04. The number of hydrogen-bond acceptors (Lipinski definition) is 4. The van der Waals surface area contributed by atoms with Gasteiger partial charge in [-0.15, -0.1) is 0 Å². The van der Waals surface area contributed by atoms with Crippen LogP contribution in [0.2, 0.25) is 0 Å². The molecule has 6 nitrogen and oxygen atoms in total. The van der Waals surface area contributed by atoms with Crippen LogP contribution < -0.4 is 14.8 Å². The minimum absolute atomic E-state index is 0.0841. The number of carbonyl (C=O) groups excluding carboxylic acids is 2. The van der Waals surface area contributed by atoms with Crippen molar-refractivity contribution in [2.75, 3.05) is 14.2 Å². The van der Waals surface area contributed by atoms with Gasteiger partial charge in [0, 0.05) is 23.3 Å². The van der Waals surface area contributed by atoms with Crippen LogP contribution in [0, 0.1) is 6.92 Å². The number of H-pyrrole nitrogens is 1. The van der Waals surface area contributed by atoms with Crippen molar-refractivity contribution in [3.05, 3.63) is 58.8 Å². The van der Waals surface area contributed by atoms with Gasteiger partial charge >= 0.3 is 0 Å². The molecule has 3 rings (SSSR count). The van der Waals surface area contributed by atoms with Crippen molar-refractivity contribution in [2.24, 2.45) is 0 Å². The molecule has 6 heteroatoms. The number of aryl methyl sites for hydroxylation is 1. The minimum atomic E-state index is -0.167. The summed E-state index contributed by atoms with van der Waals surface area (Å²) in [5.74, 6) is 0.660. The molecular formula is C22H24N2O4. The lowest BCUT2D eigenvalue weighted by Crippen LogP contribution is -2.25. The number of amides is 1. The van der Waals surface area contributed by atoms with E-state index >= 15 is 0 Å². The number of ketones is 1. The van der Waals surface area contributed by atoms with Crippen molar-refractivity contribution < 1.29 is 19.1 Å². The lowest BCUT2D eigenvalue weighted by molar-refractivity contribution is -0.120. The van der Waals surface area contributed by atoms with E-state index < -0.39 is 0 Å². The van der Waals surface area contributed by atoms with Crippen LogP contribution in [0.1, 0.15) is 34.1 Å². The first-order chi connectivity index (χ1) is 13.4. The number of ether oxygens (including phenoxy) is 2. The molecule has 0 aliphatic rings. The molecule has 1 heterocycles. The summed E-state index contributed by atoms with van der Waals surface area (Å²) in [5, 5.41) is 4.03. The lowest BCUT2D eigenvalue weighted by atomic mass is 10.00. The Hall–Kier alpha value is -3.28. The highest BCUT2D eigenvalue weighted by molar-refractivity contribution is 5.97. The van der Waals surface area contributed by atoms with Crippen LogP contribution in [0.15, 0.2) is 36.4 Å². The quantitative estimate of drug-likeness (QED) is 0.614. The molecule has 0 radical (unpaired) electrons. The molecular weight excluding hydrogens is 356 g/mol. The Labute approximate surface area is 163 Å². The first-order valence-corrected chi connectivity index (χ1v) is 9.02. The number of carbonyl (C=O) groups is 2. The van der Waals surface area contributed by atoms with E-state index in [1.807, 2.05) is 19.1 Å². The van der Waals surface area contributed by atoms with Gasteiger partial charge in [-0.1, -0.05) is 6.07 Å². The van der Waals surface area contributed by atoms with Crippen molar-refractivity contribution in [3.8, 4) is 11.5 Å². The second kappa shape index (κ2) is 8.17. The second-order valence-corrected chi connectivity index (χ2v) is 6.75. The fraction of sp³-hybridized carbons (Fsp3) is 0.273. The molecule has 2 aromatic carbocycles. The smallest absolute Gasteiger partial charge is 0.224 e. The normalized spacial score (nSPS) is 10.7. The Morgan fingerprint density at radius 3 is 2.43 bits per heavy atom. The van der Waals surface area contributed by atoms with E-state index in [9.17, 15) is 9.59 Å². The Kier molecular flexibility index (Phi) is 5.68. The van der Waals surface area contributed by atoms with Crippen LogP contribution in [0.3, 0.4) is 0 Å². The molecule has 0 bridgehead atoms. The number of fused-ring (bicyclic) bond motifs is 1. The van der Waals surface area contributed by atoms with E-state index in [0.717, 1.165) is 22.2 Å². The van der Waals surface area contributed by atoms with Crippen molar-refractivity contribution >= 4 is 22.6 Å². The number of aromatic nitrogens is 1. The maximum absolute atomic E-state index is 12.5. The van der Waals surface area contributed by atoms with Crippen LogP contribution in [-0.4, -0.2) is 30.9 Å². The zero-order valence-corrected chi connectivity index (χ0v) is 16.5. The van der Waals surface area contributed by atoms with E-state index in [0.29, 0.717) is 29.2 Å². The third-order valence-electron chi connectivity index (χ3n) is 4.65. The summed E-state index contributed by atoms with van der Waals surface area (Å²) < 4.78 is 10.5. The van der Waals surface area contributed by atoms with E-state index in [4.69, 9.17) is 9.47 Å². The number of hydrogen-bond donors (Lipinski definition) is 2. The molecule has 0 saturated heterocycles. The molecule has 0 unspecified atom stereocenters. The molecule has 0 aliphatic carbocycles. The number of methoxy groups -OCH3 is 2. The highest BCUT2D eigenvalue weighted by Crippen LogP contribution is 2.31. The molecule has 1 aromatic heterocycles. The van der Waals surface area contributed by atoms with Crippen molar-refractivity contribution in [3.63, 3.8) is 0 Å².